The predicted molar refractivity (Wildman–Crippen MR) is 60.7 cm³/mol. The topological polar surface area (TPSA) is 9.23 Å². The Balaban J connectivity index is 3.07. The van der Waals surface area contributed by atoms with Crippen LogP contribution in [0.1, 0.15) is 44.9 Å². The van der Waals surface area contributed by atoms with Crippen LogP contribution in [0.25, 0.3) is 0 Å². The molecule has 0 saturated carbocycles. The predicted octanol–water partition coefficient (Wildman–Crippen LogP) is 4.72. The molecule has 1 unspecified atom stereocenters. The molecule has 0 heterocycles. The number of alkyl halides is 3. The van der Waals surface area contributed by atoms with Crippen LogP contribution in [0.3, 0.4) is 0 Å². The second-order valence-electron chi connectivity index (χ2n) is 5.14. The van der Waals surface area contributed by atoms with Crippen molar-refractivity contribution in [3.05, 3.63) is 35.1 Å². The van der Waals surface area contributed by atoms with Gasteiger partial charge >= 0.3 is 6.18 Å². The van der Waals surface area contributed by atoms with Crippen molar-refractivity contribution < 1.29 is 22.3 Å². The standard InChI is InChI=1S/C13H16F4O/c1-8(18-12(2,3)4)9-5-10(13(15,16)17)7-11(14)6-9/h5-8H,1-4H3. The maximum atomic E-state index is 13.2. The lowest BCUT2D eigenvalue weighted by atomic mass is 10.0. The van der Waals surface area contributed by atoms with E-state index in [4.69, 9.17) is 4.74 Å². The molecule has 1 aromatic rings. The van der Waals surface area contributed by atoms with E-state index in [2.05, 4.69) is 0 Å². The second-order valence-corrected chi connectivity index (χ2v) is 5.14. The molecule has 0 aliphatic rings. The second kappa shape index (κ2) is 4.88. The van der Waals surface area contributed by atoms with Gasteiger partial charge in [-0.2, -0.15) is 13.2 Å². The summed E-state index contributed by atoms with van der Waals surface area (Å²) in [5.41, 5.74) is -1.33. The number of hydrogen-bond donors (Lipinski definition) is 0. The van der Waals surface area contributed by atoms with Crippen molar-refractivity contribution in [1.29, 1.82) is 0 Å². The largest absolute Gasteiger partial charge is 0.416 e. The molecule has 0 aliphatic heterocycles. The van der Waals surface area contributed by atoms with Gasteiger partial charge < -0.3 is 4.74 Å². The highest BCUT2D eigenvalue weighted by Crippen LogP contribution is 2.33. The quantitative estimate of drug-likeness (QED) is 0.702. The highest BCUT2D eigenvalue weighted by molar-refractivity contribution is 5.28. The fourth-order valence-corrected chi connectivity index (χ4v) is 1.61. The summed E-state index contributed by atoms with van der Waals surface area (Å²) < 4.78 is 56.3. The van der Waals surface area contributed by atoms with Crippen molar-refractivity contribution in [1.82, 2.24) is 0 Å². The highest BCUT2D eigenvalue weighted by atomic mass is 19.4. The fourth-order valence-electron chi connectivity index (χ4n) is 1.61. The summed E-state index contributed by atoms with van der Waals surface area (Å²) >= 11 is 0. The van der Waals surface area contributed by atoms with Gasteiger partial charge in [0.2, 0.25) is 0 Å². The van der Waals surface area contributed by atoms with Gasteiger partial charge in [0.1, 0.15) is 5.82 Å². The molecule has 1 aromatic carbocycles. The molecule has 0 amide bonds. The normalized spacial score (nSPS) is 14.7. The number of benzene rings is 1. The van der Waals surface area contributed by atoms with Gasteiger partial charge in [0.25, 0.3) is 0 Å². The summed E-state index contributed by atoms with van der Waals surface area (Å²) in [6, 6.07) is 2.46. The van der Waals surface area contributed by atoms with E-state index >= 15 is 0 Å². The maximum Gasteiger partial charge on any atom is 0.416 e. The van der Waals surface area contributed by atoms with Crippen molar-refractivity contribution in [2.75, 3.05) is 0 Å². The van der Waals surface area contributed by atoms with Gasteiger partial charge in [-0.3, -0.25) is 0 Å². The van der Waals surface area contributed by atoms with Crippen LogP contribution >= 0.6 is 0 Å². The Morgan fingerprint density at radius 3 is 2.06 bits per heavy atom. The van der Waals surface area contributed by atoms with Crippen molar-refractivity contribution in [3.63, 3.8) is 0 Å². The first-order chi connectivity index (χ1) is 7.99. The van der Waals surface area contributed by atoms with E-state index in [1.54, 1.807) is 27.7 Å². The molecule has 1 nitrogen and oxygen atoms in total. The number of hydrogen-bond acceptors (Lipinski definition) is 1. The lowest BCUT2D eigenvalue weighted by molar-refractivity contribution is -0.138. The summed E-state index contributed by atoms with van der Waals surface area (Å²) in [4.78, 5) is 0. The minimum Gasteiger partial charge on any atom is -0.368 e. The lowest BCUT2D eigenvalue weighted by Crippen LogP contribution is -2.21. The molecule has 0 saturated heterocycles. The smallest absolute Gasteiger partial charge is 0.368 e. The molecule has 1 atom stereocenters. The molecule has 0 N–H and O–H groups in total. The third-order valence-corrected chi connectivity index (χ3v) is 2.25. The zero-order valence-corrected chi connectivity index (χ0v) is 10.7. The summed E-state index contributed by atoms with van der Waals surface area (Å²) in [5, 5.41) is 0. The van der Waals surface area contributed by atoms with Crippen LogP contribution in [0.2, 0.25) is 0 Å². The van der Waals surface area contributed by atoms with E-state index in [0.717, 1.165) is 12.1 Å². The Bertz CT molecular complexity index is 418. The van der Waals surface area contributed by atoms with E-state index < -0.39 is 29.3 Å². The first-order valence-electron chi connectivity index (χ1n) is 5.54. The van der Waals surface area contributed by atoms with Gasteiger partial charge in [0.05, 0.1) is 17.3 Å². The monoisotopic (exact) mass is 264 g/mol. The fraction of sp³-hybridized carbons (Fsp3) is 0.538. The minimum atomic E-state index is -4.56. The zero-order valence-electron chi connectivity index (χ0n) is 10.7. The Hall–Kier alpha value is -1.10. The van der Waals surface area contributed by atoms with Gasteiger partial charge in [-0.1, -0.05) is 0 Å². The number of rotatable bonds is 2. The first-order valence-corrected chi connectivity index (χ1v) is 5.54. The molecule has 0 radical (unpaired) electrons. The van der Waals surface area contributed by atoms with E-state index in [-0.39, 0.29) is 5.56 Å². The SMILES string of the molecule is CC(OC(C)(C)C)c1cc(F)cc(C(F)(F)F)c1. The van der Waals surface area contributed by atoms with Crippen LogP contribution in [0, 0.1) is 5.82 Å². The van der Waals surface area contributed by atoms with E-state index in [0.29, 0.717) is 6.07 Å². The number of halogens is 4. The maximum absolute atomic E-state index is 13.2. The summed E-state index contributed by atoms with van der Waals surface area (Å²) in [7, 11) is 0. The average Bonchev–Trinajstić information content (AvgIpc) is 2.12. The van der Waals surface area contributed by atoms with Crippen LogP contribution in [0.5, 0.6) is 0 Å². The minimum absolute atomic E-state index is 0.178. The zero-order chi connectivity index (χ0) is 14.1. The highest BCUT2D eigenvalue weighted by Gasteiger charge is 2.32. The van der Waals surface area contributed by atoms with Crippen LogP contribution in [-0.4, -0.2) is 5.60 Å². The molecular formula is C13H16F4O. The average molecular weight is 264 g/mol. The van der Waals surface area contributed by atoms with E-state index in [9.17, 15) is 17.6 Å². The van der Waals surface area contributed by atoms with Gasteiger partial charge in [-0.25, -0.2) is 4.39 Å². The molecule has 0 fully saturated rings. The van der Waals surface area contributed by atoms with Crippen molar-refractivity contribution in [2.45, 2.75) is 45.6 Å². The molecular weight excluding hydrogens is 248 g/mol. The van der Waals surface area contributed by atoms with Crippen LogP contribution in [0.4, 0.5) is 17.6 Å². The van der Waals surface area contributed by atoms with Gasteiger partial charge in [0, 0.05) is 0 Å². The third kappa shape index (κ3) is 4.29. The molecule has 0 bridgehead atoms. The van der Waals surface area contributed by atoms with Crippen molar-refractivity contribution in [3.8, 4) is 0 Å². The van der Waals surface area contributed by atoms with Crippen LogP contribution < -0.4 is 0 Å². The molecule has 1 rings (SSSR count). The number of ether oxygens (including phenoxy) is 1. The van der Waals surface area contributed by atoms with Gasteiger partial charge in [0.15, 0.2) is 0 Å². The Labute approximate surface area is 104 Å². The molecule has 102 valence electrons. The first kappa shape index (κ1) is 15.0. The van der Waals surface area contributed by atoms with Gasteiger partial charge in [-0.05, 0) is 51.5 Å². The Morgan fingerprint density at radius 2 is 1.61 bits per heavy atom. The molecule has 0 spiro atoms. The third-order valence-electron chi connectivity index (χ3n) is 2.25. The van der Waals surface area contributed by atoms with Crippen LogP contribution in [0.15, 0.2) is 18.2 Å². The lowest BCUT2D eigenvalue weighted by Gasteiger charge is -2.25. The van der Waals surface area contributed by atoms with Crippen molar-refractivity contribution >= 4 is 0 Å². The molecule has 0 aromatic heterocycles. The summed E-state index contributed by atoms with van der Waals surface area (Å²) in [6.45, 7) is 6.95. The molecule has 0 aliphatic carbocycles. The summed E-state index contributed by atoms with van der Waals surface area (Å²) in [6.07, 6.45) is -5.17. The Morgan fingerprint density at radius 1 is 1.06 bits per heavy atom. The summed E-state index contributed by atoms with van der Waals surface area (Å²) in [5.74, 6) is -0.913. The Kier molecular flexibility index (Phi) is 4.05. The molecule has 18 heavy (non-hydrogen) atoms. The van der Waals surface area contributed by atoms with Crippen molar-refractivity contribution in [2.24, 2.45) is 0 Å². The molecule has 5 heteroatoms. The van der Waals surface area contributed by atoms with E-state index in [1.165, 1.54) is 0 Å². The van der Waals surface area contributed by atoms with Crippen LogP contribution in [-0.2, 0) is 10.9 Å². The van der Waals surface area contributed by atoms with E-state index in [1.807, 2.05) is 0 Å². The van der Waals surface area contributed by atoms with Gasteiger partial charge in [-0.15, -0.1) is 0 Å².